The van der Waals surface area contributed by atoms with Crippen LogP contribution in [0.1, 0.15) is 22.2 Å². The summed E-state index contributed by atoms with van der Waals surface area (Å²) in [6.45, 7) is 7.67. The van der Waals surface area contributed by atoms with Gasteiger partial charge in [-0.05, 0) is 20.8 Å². The average Bonchev–Trinajstić information content (AvgIpc) is 2.05. The number of nitrogens with zero attached hydrogens (tertiary/aromatic N) is 1. The van der Waals surface area contributed by atoms with E-state index in [1.54, 1.807) is 4.90 Å². The van der Waals surface area contributed by atoms with Gasteiger partial charge < -0.3 is 10.2 Å². The third-order valence-corrected chi connectivity index (χ3v) is 1.70. The highest BCUT2D eigenvalue weighted by atomic mass is 16.2. The fourth-order valence-corrected chi connectivity index (χ4v) is 1.21. The maximum Gasteiger partial charge on any atom is 0.317 e. The van der Waals surface area contributed by atoms with E-state index >= 15 is 0 Å². The quantitative estimate of drug-likeness (QED) is 0.586. The van der Waals surface area contributed by atoms with Crippen molar-refractivity contribution >= 4 is 6.03 Å². The minimum Gasteiger partial charge on any atom is -0.331 e. The Kier molecular flexibility index (Phi) is 1.58. The van der Waals surface area contributed by atoms with Gasteiger partial charge in [0.15, 0.2) is 0 Å². The summed E-state index contributed by atoms with van der Waals surface area (Å²) < 4.78 is 0. The van der Waals surface area contributed by atoms with Gasteiger partial charge in [-0.25, -0.2) is 4.79 Å². The molecule has 0 spiro atoms. The maximum atomic E-state index is 11.0. The van der Waals surface area contributed by atoms with Crippen LogP contribution < -0.4 is 5.32 Å². The number of hydrogen-bond acceptors (Lipinski definition) is 1. The summed E-state index contributed by atoms with van der Waals surface area (Å²) in [7, 11) is 0. The molecule has 60 valence electrons. The Morgan fingerprint density at radius 1 is 1.80 bits per heavy atom. The number of carbonyl (C=O) groups excluding carboxylic acids is 1. The third-order valence-electron chi connectivity index (χ3n) is 1.70. The predicted molar refractivity (Wildman–Crippen MR) is 42.0 cm³/mol. The molecular formula is C7H16N2O. The van der Waals surface area contributed by atoms with Crippen LogP contribution in [0, 0.1) is 0 Å². The van der Waals surface area contributed by atoms with Crippen LogP contribution in [0.25, 0.3) is 0 Å². The van der Waals surface area contributed by atoms with Gasteiger partial charge in [0.1, 0.15) is 0 Å². The molecule has 10 heavy (non-hydrogen) atoms. The second-order valence-electron chi connectivity index (χ2n) is 3.33. The van der Waals surface area contributed by atoms with Crippen LogP contribution in [-0.2, 0) is 0 Å². The molecule has 1 aliphatic heterocycles. The standard InChI is InChI=1S/C7H14N2O.H2/c1-4-9-5-7(2,3)8-6(9)10;/h4-5H2,1-3H3,(H,8,10);1H. The van der Waals surface area contributed by atoms with Crippen molar-refractivity contribution < 1.29 is 6.22 Å². The summed E-state index contributed by atoms with van der Waals surface area (Å²) >= 11 is 0. The molecular weight excluding hydrogens is 128 g/mol. The van der Waals surface area contributed by atoms with Crippen LogP contribution in [0.15, 0.2) is 0 Å². The monoisotopic (exact) mass is 144 g/mol. The van der Waals surface area contributed by atoms with E-state index in [1.165, 1.54) is 0 Å². The Morgan fingerprint density at radius 3 is 2.60 bits per heavy atom. The smallest absolute Gasteiger partial charge is 0.317 e. The Morgan fingerprint density at radius 2 is 2.40 bits per heavy atom. The van der Waals surface area contributed by atoms with E-state index in [0.717, 1.165) is 13.1 Å². The van der Waals surface area contributed by atoms with Crippen molar-refractivity contribution in [3.05, 3.63) is 0 Å². The van der Waals surface area contributed by atoms with E-state index in [9.17, 15) is 4.79 Å². The number of nitrogens with one attached hydrogen (secondary N) is 1. The summed E-state index contributed by atoms with van der Waals surface area (Å²) in [5.74, 6) is 0. The molecule has 2 amide bonds. The highest BCUT2D eigenvalue weighted by Gasteiger charge is 2.33. The summed E-state index contributed by atoms with van der Waals surface area (Å²) in [4.78, 5) is 12.8. The minimum absolute atomic E-state index is 0. The molecule has 0 radical (unpaired) electrons. The van der Waals surface area contributed by atoms with Gasteiger partial charge in [0, 0.05) is 14.5 Å². The molecule has 3 nitrogen and oxygen atoms in total. The van der Waals surface area contributed by atoms with Crippen LogP contribution in [0.5, 0.6) is 0 Å². The van der Waals surface area contributed by atoms with Crippen LogP contribution in [0.3, 0.4) is 0 Å². The van der Waals surface area contributed by atoms with E-state index in [0.29, 0.717) is 0 Å². The molecule has 0 atom stereocenters. The average molecular weight is 144 g/mol. The molecule has 0 aromatic heterocycles. The highest BCUT2D eigenvalue weighted by Crippen LogP contribution is 2.12. The van der Waals surface area contributed by atoms with Gasteiger partial charge in [-0.15, -0.1) is 0 Å². The molecule has 1 fully saturated rings. The van der Waals surface area contributed by atoms with Crippen molar-refractivity contribution in [3.8, 4) is 0 Å². The molecule has 0 bridgehead atoms. The summed E-state index contributed by atoms with van der Waals surface area (Å²) in [6.07, 6.45) is 0. The summed E-state index contributed by atoms with van der Waals surface area (Å²) in [6, 6.07) is 0.0625. The molecule has 1 aliphatic rings. The Balaban J connectivity index is 0.000001000. The molecule has 1 N–H and O–H groups in total. The lowest BCUT2D eigenvalue weighted by Gasteiger charge is -2.15. The molecule has 1 heterocycles. The van der Waals surface area contributed by atoms with Crippen molar-refractivity contribution in [3.63, 3.8) is 0 Å². The van der Waals surface area contributed by atoms with Gasteiger partial charge in [-0.1, -0.05) is 0 Å². The molecule has 0 aromatic rings. The Hall–Kier alpha value is -0.730. The van der Waals surface area contributed by atoms with Gasteiger partial charge >= 0.3 is 6.03 Å². The predicted octanol–water partition coefficient (Wildman–Crippen LogP) is 1.06. The van der Waals surface area contributed by atoms with Crippen LogP contribution in [0.4, 0.5) is 4.79 Å². The zero-order chi connectivity index (χ0) is 7.78. The number of carbonyl (C=O) groups is 1. The molecule has 0 aromatic carbocycles. The lowest BCUT2D eigenvalue weighted by molar-refractivity contribution is 0.219. The van der Waals surface area contributed by atoms with Crippen molar-refractivity contribution in [2.45, 2.75) is 26.3 Å². The minimum atomic E-state index is -0.0346. The SMILES string of the molecule is CCN1CC(C)(C)NC1=O.[HH]. The van der Waals surface area contributed by atoms with Crippen LogP contribution >= 0.6 is 0 Å². The van der Waals surface area contributed by atoms with E-state index in [1.807, 2.05) is 20.8 Å². The molecule has 0 unspecified atom stereocenters. The first-order valence-corrected chi connectivity index (χ1v) is 3.62. The lowest BCUT2D eigenvalue weighted by atomic mass is 10.1. The summed E-state index contributed by atoms with van der Waals surface area (Å²) in [5, 5.41) is 2.88. The first-order valence-electron chi connectivity index (χ1n) is 3.62. The second kappa shape index (κ2) is 2.15. The number of amides is 2. The zero-order valence-corrected chi connectivity index (χ0v) is 6.77. The zero-order valence-electron chi connectivity index (χ0n) is 6.77. The summed E-state index contributed by atoms with van der Waals surface area (Å²) in [5.41, 5.74) is -0.0346. The van der Waals surface area contributed by atoms with Crippen molar-refractivity contribution in [1.29, 1.82) is 0 Å². The fourth-order valence-electron chi connectivity index (χ4n) is 1.21. The molecule has 0 saturated carbocycles. The van der Waals surface area contributed by atoms with E-state index in [4.69, 9.17) is 0 Å². The number of rotatable bonds is 1. The largest absolute Gasteiger partial charge is 0.331 e. The highest BCUT2D eigenvalue weighted by molar-refractivity contribution is 5.77. The van der Waals surface area contributed by atoms with Gasteiger partial charge in [0.2, 0.25) is 0 Å². The second-order valence-corrected chi connectivity index (χ2v) is 3.33. The fraction of sp³-hybridized carbons (Fsp3) is 0.857. The van der Waals surface area contributed by atoms with Gasteiger partial charge in [-0.2, -0.15) is 0 Å². The first-order chi connectivity index (χ1) is 4.55. The van der Waals surface area contributed by atoms with E-state index in [-0.39, 0.29) is 13.0 Å². The molecule has 0 aliphatic carbocycles. The maximum absolute atomic E-state index is 11.0. The molecule has 1 rings (SSSR count). The first kappa shape index (κ1) is 7.38. The van der Waals surface area contributed by atoms with Crippen molar-refractivity contribution in [2.24, 2.45) is 0 Å². The normalized spacial score (nSPS) is 23.1. The van der Waals surface area contributed by atoms with Crippen molar-refractivity contribution in [2.75, 3.05) is 13.1 Å². The number of urea groups is 1. The Labute approximate surface area is 62.9 Å². The van der Waals surface area contributed by atoms with Gasteiger partial charge in [-0.3, -0.25) is 0 Å². The molecule has 1 saturated heterocycles. The third kappa shape index (κ3) is 1.23. The van der Waals surface area contributed by atoms with Gasteiger partial charge in [0.05, 0.1) is 5.54 Å². The van der Waals surface area contributed by atoms with Crippen LogP contribution in [0.2, 0.25) is 0 Å². The lowest BCUT2D eigenvalue weighted by Crippen LogP contribution is -2.36. The topological polar surface area (TPSA) is 32.3 Å². The molecule has 3 heteroatoms. The van der Waals surface area contributed by atoms with E-state index in [2.05, 4.69) is 5.32 Å². The van der Waals surface area contributed by atoms with Crippen LogP contribution in [-0.4, -0.2) is 29.6 Å². The number of hydrogen-bond donors (Lipinski definition) is 1. The van der Waals surface area contributed by atoms with E-state index < -0.39 is 0 Å². The number of likely N-dealkylation sites (N-methyl/N-ethyl adjacent to an activating group) is 1. The van der Waals surface area contributed by atoms with Gasteiger partial charge in [0.25, 0.3) is 0 Å². The van der Waals surface area contributed by atoms with Crippen molar-refractivity contribution in [1.82, 2.24) is 10.2 Å². The Bertz CT molecular complexity index is 159.